The molecule has 0 aliphatic heterocycles. The summed E-state index contributed by atoms with van der Waals surface area (Å²) >= 11 is 0. The van der Waals surface area contributed by atoms with E-state index in [-0.39, 0.29) is 0 Å². The third-order valence-corrected chi connectivity index (χ3v) is 2.11. The molecule has 0 unspecified atom stereocenters. The number of nitrogens with zero attached hydrogens (tertiary/aromatic N) is 3. The molecule has 0 amide bonds. The summed E-state index contributed by atoms with van der Waals surface area (Å²) in [5, 5.41) is 0. The minimum absolute atomic E-state index is 0.449. The van der Waals surface area contributed by atoms with E-state index in [4.69, 9.17) is 10.5 Å². The Morgan fingerprint density at radius 2 is 2.33 bits per heavy atom. The summed E-state index contributed by atoms with van der Waals surface area (Å²) < 4.78 is 4.96. The molecule has 15 heavy (non-hydrogen) atoms. The molecule has 0 radical (unpaired) electrons. The number of aromatic amines is 1. The van der Waals surface area contributed by atoms with Gasteiger partial charge in [-0.05, 0) is 6.42 Å². The molecule has 80 valence electrons. The second kappa shape index (κ2) is 4.22. The van der Waals surface area contributed by atoms with Crippen LogP contribution in [0.4, 0.5) is 5.82 Å². The smallest absolute Gasteiger partial charge is 0.183 e. The van der Waals surface area contributed by atoms with Crippen LogP contribution < -0.4 is 5.73 Å². The molecule has 3 N–H and O–H groups in total. The lowest BCUT2D eigenvalue weighted by Crippen LogP contribution is -2.02. The maximum Gasteiger partial charge on any atom is 0.183 e. The van der Waals surface area contributed by atoms with Crippen LogP contribution >= 0.6 is 0 Å². The monoisotopic (exact) mass is 207 g/mol. The van der Waals surface area contributed by atoms with Crippen LogP contribution in [0.2, 0.25) is 0 Å². The zero-order chi connectivity index (χ0) is 10.7. The SMILES string of the molecule is COCCCc1nc(N)c2[nH]cnc2n1. The van der Waals surface area contributed by atoms with Crippen molar-refractivity contribution >= 4 is 17.0 Å². The van der Waals surface area contributed by atoms with Gasteiger partial charge in [0.05, 0.1) is 6.33 Å². The maximum absolute atomic E-state index is 5.75. The molecule has 0 saturated carbocycles. The van der Waals surface area contributed by atoms with Gasteiger partial charge in [-0.1, -0.05) is 0 Å². The number of nitrogen functional groups attached to an aromatic ring is 1. The van der Waals surface area contributed by atoms with Gasteiger partial charge in [0.2, 0.25) is 0 Å². The molecule has 0 fully saturated rings. The first-order valence-electron chi connectivity index (χ1n) is 4.75. The van der Waals surface area contributed by atoms with E-state index in [1.807, 2.05) is 0 Å². The Labute approximate surface area is 86.9 Å². The summed E-state index contributed by atoms with van der Waals surface area (Å²) in [5.74, 6) is 1.16. The molecule has 0 aliphatic carbocycles. The Bertz CT molecular complexity index is 453. The fourth-order valence-electron chi connectivity index (χ4n) is 1.39. The molecule has 2 rings (SSSR count). The second-order valence-corrected chi connectivity index (χ2v) is 3.22. The lowest BCUT2D eigenvalue weighted by molar-refractivity contribution is 0.194. The third kappa shape index (κ3) is 2.04. The van der Waals surface area contributed by atoms with Gasteiger partial charge >= 0.3 is 0 Å². The highest BCUT2D eigenvalue weighted by Gasteiger charge is 2.06. The highest BCUT2D eigenvalue weighted by atomic mass is 16.5. The van der Waals surface area contributed by atoms with Crippen molar-refractivity contribution in [2.75, 3.05) is 19.5 Å². The molecule has 0 spiro atoms. The average Bonchev–Trinajstić information content (AvgIpc) is 2.66. The van der Waals surface area contributed by atoms with Crippen molar-refractivity contribution in [3.05, 3.63) is 12.2 Å². The predicted molar refractivity (Wildman–Crippen MR) is 56.3 cm³/mol. The summed E-state index contributed by atoms with van der Waals surface area (Å²) in [6.45, 7) is 0.696. The van der Waals surface area contributed by atoms with Gasteiger partial charge in [-0.25, -0.2) is 15.0 Å². The first-order chi connectivity index (χ1) is 7.31. The molecule has 6 heteroatoms. The molecule has 2 aromatic rings. The van der Waals surface area contributed by atoms with E-state index in [9.17, 15) is 0 Å². The van der Waals surface area contributed by atoms with Crippen LogP contribution in [0.25, 0.3) is 11.2 Å². The van der Waals surface area contributed by atoms with Crippen molar-refractivity contribution in [2.45, 2.75) is 12.8 Å². The van der Waals surface area contributed by atoms with Crippen molar-refractivity contribution in [3.8, 4) is 0 Å². The van der Waals surface area contributed by atoms with Crippen LogP contribution in [-0.2, 0) is 11.2 Å². The normalized spacial score (nSPS) is 11.0. The van der Waals surface area contributed by atoms with E-state index in [2.05, 4.69) is 19.9 Å². The Morgan fingerprint density at radius 1 is 1.47 bits per heavy atom. The van der Waals surface area contributed by atoms with E-state index in [0.717, 1.165) is 12.8 Å². The van der Waals surface area contributed by atoms with Crippen LogP contribution in [0, 0.1) is 0 Å². The maximum atomic E-state index is 5.75. The molecule has 0 atom stereocenters. The number of nitrogens with two attached hydrogens (primary N) is 1. The number of aromatic nitrogens is 4. The highest BCUT2D eigenvalue weighted by molar-refractivity contribution is 5.80. The van der Waals surface area contributed by atoms with Crippen molar-refractivity contribution in [1.29, 1.82) is 0 Å². The molecule has 2 aromatic heterocycles. The van der Waals surface area contributed by atoms with Crippen molar-refractivity contribution < 1.29 is 4.74 Å². The lowest BCUT2D eigenvalue weighted by atomic mass is 10.3. The van der Waals surface area contributed by atoms with Gasteiger partial charge in [-0.3, -0.25) is 0 Å². The number of nitrogens with one attached hydrogen (secondary N) is 1. The molecule has 0 aliphatic rings. The van der Waals surface area contributed by atoms with E-state index in [1.54, 1.807) is 13.4 Å². The number of rotatable bonds is 4. The minimum atomic E-state index is 0.449. The van der Waals surface area contributed by atoms with Gasteiger partial charge in [-0.15, -0.1) is 0 Å². The number of hydrogen-bond acceptors (Lipinski definition) is 5. The highest BCUT2D eigenvalue weighted by Crippen LogP contribution is 2.13. The first kappa shape index (κ1) is 9.85. The summed E-state index contributed by atoms with van der Waals surface area (Å²) in [5.41, 5.74) is 7.07. The Morgan fingerprint density at radius 3 is 3.13 bits per heavy atom. The Kier molecular flexibility index (Phi) is 2.77. The summed E-state index contributed by atoms with van der Waals surface area (Å²) in [4.78, 5) is 15.4. The van der Waals surface area contributed by atoms with Gasteiger partial charge in [0, 0.05) is 20.1 Å². The number of fused-ring (bicyclic) bond motifs is 1. The summed E-state index contributed by atoms with van der Waals surface area (Å²) in [7, 11) is 1.67. The molecular weight excluding hydrogens is 194 g/mol. The van der Waals surface area contributed by atoms with Crippen LogP contribution in [0.3, 0.4) is 0 Å². The van der Waals surface area contributed by atoms with Crippen molar-refractivity contribution in [2.24, 2.45) is 0 Å². The van der Waals surface area contributed by atoms with E-state index < -0.39 is 0 Å². The van der Waals surface area contributed by atoms with E-state index in [1.165, 1.54) is 0 Å². The third-order valence-electron chi connectivity index (χ3n) is 2.11. The summed E-state index contributed by atoms with van der Waals surface area (Å²) in [6, 6.07) is 0. The molecule has 2 heterocycles. The zero-order valence-electron chi connectivity index (χ0n) is 8.53. The average molecular weight is 207 g/mol. The Balaban J connectivity index is 2.21. The molecule has 0 aromatic carbocycles. The van der Waals surface area contributed by atoms with Crippen LogP contribution in [0.1, 0.15) is 12.2 Å². The standard InChI is InChI=1S/C9H13N5O/c1-15-4-2-3-6-13-8(10)7-9(14-6)12-5-11-7/h5H,2-4H2,1H3,(H3,10,11,12,13,14). The largest absolute Gasteiger partial charge is 0.385 e. The number of ether oxygens (including phenoxy) is 1. The van der Waals surface area contributed by atoms with Crippen LogP contribution in [-0.4, -0.2) is 33.7 Å². The van der Waals surface area contributed by atoms with Gasteiger partial charge in [0.15, 0.2) is 11.5 Å². The number of hydrogen-bond donors (Lipinski definition) is 2. The quantitative estimate of drug-likeness (QED) is 0.713. The number of aryl methyl sites for hydroxylation is 1. The molecule has 6 nitrogen and oxygen atoms in total. The fraction of sp³-hybridized carbons (Fsp3) is 0.444. The van der Waals surface area contributed by atoms with Gasteiger partial charge < -0.3 is 15.5 Å². The zero-order valence-corrected chi connectivity index (χ0v) is 8.53. The first-order valence-corrected chi connectivity index (χ1v) is 4.75. The van der Waals surface area contributed by atoms with Crippen molar-refractivity contribution in [3.63, 3.8) is 0 Å². The lowest BCUT2D eigenvalue weighted by Gasteiger charge is -2.01. The van der Waals surface area contributed by atoms with E-state index in [0.29, 0.717) is 29.4 Å². The number of imidazole rings is 1. The molecular formula is C9H13N5O. The number of anilines is 1. The predicted octanol–water partition coefficient (Wildman–Crippen LogP) is 0.514. The summed E-state index contributed by atoms with van der Waals surface area (Å²) in [6.07, 6.45) is 3.20. The molecule has 0 bridgehead atoms. The minimum Gasteiger partial charge on any atom is -0.385 e. The fourth-order valence-corrected chi connectivity index (χ4v) is 1.39. The van der Waals surface area contributed by atoms with Crippen molar-refractivity contribution in [1.82, 2.24) is 19.9 Å². The van der Waals surface area contributed by atoms with Gasteiger partial charge in [0.25, 0.3) is 0 Å². The van der Waals surface area contributed by atoms with Crippen LogP contribution in [0.15, 0.2) is 6.33 Å². The second-order valence-electron chi connectivity index (χ2n) is 3.22. The van der Waals surface area contributed by atoms with E-state index >= 15 is 0 Å². The van der Waals surface area contributed by atoms with Crippen LogP contribution in [0.5, 0.6) is 0 Å². The number of H-pyrrole nitrogens is 1. The van der Waals surface area contributed by atoms with Gasteiger partial charge in [-0.2, -0.15) is 0 Å². The Hall–Kier alpha value is -1.69. The number of methoxy groups -OCH3 is 1. The molecule has 0 saturated heterocycles. The topological polar surface area (TPSA) is 89.7 Å². The van der Waals surface area contributed by atoms with Gasteiger partial charge in [0.1, 0.15) is 11.3 Å².